The Morgan fingerprint density at radius 2 is 1.84 bits per heavy atom. The van der Waals surface area contributed by atoms with Crippen molar-refractivity contribution in [2.24, 2.45) is 0 Å². The fraction of sp³-hybridized carbons (Fsp3) is 1.00. The van der Waals surface area contributed by atoms with Gasteiger partial charge in [-0.2, -0.15) is 0 Å². The van der Waals surface area contributed by atoms with E-state index < -0.39 is 35.2 Å². The molecule has 3 fully saturated rings. The van der Waals surface area contributed by atoms with Gasteiger partial charge in [0.15, 0.2) is 11.6 Å². The molecule has 1 N–H and O–H groups in total. The smallest absolute Gasteiger partial charge is 0.226 e. The van der Waals surface area contributed by atoms with Crippen LogP contribution in [0.1, 0.15) is 36.0 Å². The lowest BCUT2D eigenvalue weighted by Gasteiger charge is -2.48. The maximum atomic E-state index is 11.0. The minimum Gasteiger partial charge on any atom is -0.382 e. The predicted molar refractivity (Wildman–Crippen MR) is 64.2 cm³/mol. The molecule has 3 aliphatic rings. The second kappa shape index (κ2) is 3.69. The van der Waals surface area contributed by atoms with Gasteiger partial charge in [0.2, 0.25) is 5.79 Å². The zero-order valence-corrected chi connectivity index (χ0v) is 11.8. The third-order valence-electron chi connectivity index (χ3n) is 3.82. The summed E-state index contributed by atoms with van der Waals surface area (Å²) in [6, 6.07) is 0. The van der Waals surface area contributed by atoms with E-state index in [1.165, 1.54) is 0 Å². The van der Waals surface area contributed by atoms with Gasteiger partial charge in [-0.1, -0.05) is 0 Å². The molecule has 0 aromatic carbocycles. The molecule has 0 bridgehead atoms. The van der Waals surface area contributed by atoms with Gasteiger partial charge in [-0.25, -0.2) is 0 Å². The van der Waals surface area contributed by atoms with Crippen molar-refractivity contribution in [3.8, 4) is 0 Å². The van der Waals surface area contributed by atoms with Crippen molar-refractivity contribution in [3.05, 3.63) is 0 Å². The first-order chi connectivity index (χ1) is 9.13. The van der Waals surface area contributed by atoms with Crippen LogP contribution in [-0.2, 0) is 23.7 Å². The highest BCUT2D eigenvalue weighted by molar-refractivity contribution is 5.08. The summed E-state index contributed by atoms with van der Waals surface area (Å²) >= 11 is 0. The van der Waals surface area contributed by atoms with Gasteiger partial charge >= 0.3 is 0 Å². The summed E-state index contributed by atoms with van der Waals surface area (Å²) in [5.74, 6) is -3.07. The van der Waals surface area contributed by atoms with Crippen molar-refractivity contribution in [2.45, 2.75) is 69.8 Å². The Balaban J connectivity index is 1.95. The van der Waals surface area contributed by atoms with E-state index in [1.54, 1.807) is 27.7 Å². The highest BCUT2D eigenvalue weighted by atomic mass is 16.9. The van der Waals surface area contributed by atoms with Gasteiger partial charge in [0, 0.05) is 1.37 Å². The van der Waals surface area contributed by atoms with Crippen molar-refractivity contribution >= 4 is 0 Å². The van der Waals surface area contributed by atoms with Crippen molar-refractivity contribution in [1.82, 2.24) is 0 Å². The standard InChI is InChI=1S/C13H22O6/c1-10(2)16-7-13(19-10)12(5,14)9-8(6-15-13)17-11(3,4)18-9/h8-9,14H,6-7H2,1-5H3/t8-,9-,12+,13+/m1/s1/i5D. The summed E-state index contributed by atoms with van der Waals surface area (Å²) in [5, 5.41) is 11.0. The lowest BCUT2D eigenvalue weighted by atomic mass is 9.84. The third-order valence-corrected chi connectivity index (χ3v) is 3.82. The molecule has 0 saturated carbocycles. The number of fused-ring (bicyclic) bond motifs is 1. The minimum absolute atomic E-state index is 0.0579. The average molecular weight is 275 g/mol. The van der Waals surface area contributed by atoms with Gasteiger partial charge in [-0.05, 0) is 34.6 Å². The molecule has 0 aromatic rings. The molecule has 0 aliphatic carbocycles. The number of ether oxygens (including phenoxy) is 5. The van der Waals surface area contributed by atoms with Crippen LogP contribution in [0.2, 0.25) is 0 Å². The Morgan fingerprint density at radius 3 is 2.42 bits per heavy atom. The third kappa shape index (κ3) is 1.93. The fourth-order valence-corrected chi connectivity index (χ4v) is 2.93. The van der Waals surface area contributed by atoms with Gasteiger partial charge in [0.1, 0.15) is 24.4 Å². The molecule has 6 heteroatoms. The average Bonchev–Trinajstić information content (AvgIpc) is 2.83. The van der Waals surface area contributed by atoms with E-state index in [-0.39, 0.29) is 20.1 Å². The second-order valence-corrected chi connectivity index (χ2v) is 6.37. The van der Waals surface area contributed by atoms with E-state index in [1.807, 2.05) is 0 Å². The SMILES string of the molecule is [2H]C[C@]1(O)[C@@H]2OC(C)(C)O[C@@H]2CO[C@]12COC(C)(C)O2. The van der Waals surface area contributed by atoms with Crippen molar-refractivity contribution in [2.75, 3.05) is 13.2 Å². The molecule has 1 spiro atoms. The van der Waals surface area contributed by atoms with Crippen molar-refractivity contribution < 1.29 is 30.2 Å². The highest BCUT2D eigenvalue weighted by Crippen LogP contribution is 2.49. The monoisotopic (exact) mass is 275 g/mol. The largest absolute Gasteiger partial charge is 0.382 e. The molecule has 3 aliphatic heterocycles. The van der Waals surface area contributed by atoms with Crippen LogP contribution in [-0.4, -0.2) is 53.5 Å². The summed E-state index contributed by atoms with van der Waals surface area (Å²) in [7, 11) is 0. The first-order valence-electron chi connectivity index (χ1n) is 7.19. The van der Waals surface area contributed by atoms with Crippen LogP contribution in [0.25, 0.3) is 0 Å². The normalized spacial score (nSPS) is 52.2. The number of aliphatic hydroxyl groups is 1. The van der Waals surface area contributed by atoms with Crippen molar-refractivity contribution in [3.63, 3.8) is 0 Å². The van der Waals surface area contributed by atoms with Crippen LogP contribution in [0.15, 0.2) is 0 Å². The fourth-order valence-electron chi connectivity index (χ4n) is 2.93. The van der Waals surface area contributed by atoms with E-state index in [0.717, 1.165) is 0 Å². The number of rotatable bonds is 0. The minimum atomic E-state index is -1.64. The molecule has 0 radical (unpaired) electrons. The van der Waals surface area contributed by atoms with Crippen molar-refractivity contribution in [1.29, 1.82) is 0 Å². The van der Waals surface area contributed by atoms with Crippen LogP contribution in [0.3, 0.4) is 0 Å². The first kappa shape index (κ1) is 12.5. The quantitative estimate of drug-likeness (QED) is 0.704. The molecule has 6 nitrogen and oxygen atoms in total. The van der Waals surface area contributed by atoms with Gasteiger partial charge in [-0.15, -0.1) is 0 Å². The van der Waals surface area contributed by atoms with Crippen LogP contribution in [0.5, 0.6) is 0 Å². The Kier molecular flexibility index (Phi) is 2.43. The lowest BCUT2D eigenvalue weighted by Crippen LogP contribution is -2.69. The maximum Gasteiger partial charge on any atom is 0.226 e. The Morgan fingerprint density at radius 1 is 1.11 bits per heavy atom. The van der Waals surface area contributed by atoms with Crippen LogP contribution in [0.4, 0.5) is 0 Å². The van der Waals surface area contributed by atoms with Crippen LogP contribution < -0.4 is 0 Å². The summed E-state index contributed by atoms with van der Waals surface area (Å²) in [5.41, 5.74) is -1.64. The van der Waals surface area contributed by atoms with Gasteiger partial charge in [-0.3, -0.25) is 0 Å². The zero-order valence-electron chi connectivity index (χ0n) is 12.8. The van der Waals surface area contributed by atoms with E-state index in [0.29, 0.717) is 0 Å². The molecule has 3 rings (SSSR count). The van der Waals surface area contributed by atoms with Gasteiger partial charge in [0.05, 0.1) is 6.61 Å². The number of hydrogen-bond acceptors (Lipinski definition) is 6. The van der Waals surface area contributed by atoms with Crippen LogP contribution >= 0.6 is 0 Å². The highest BCUT2D eigenvalue weighted by Gasteiger charge is 2.68. The van der Waals surface area contributed by atoms with E-state index in [2.05, 4.69) is 0 Å². The molecule has 110 valence electrons. The Bertz CT molecular complexity index is 412. The van der Waals surface area contributed by atoms with E-state index in [9.17, 15) is 5.11 Å². The lowest BCUT2D eigenvalue weighted by molar-refractivity contribution is -0.361. The van der Waals surface area contributed by atoms with Crippen LogP contribution in [0, 0.1) is 0 Å². The summed E-state index contributed by atoms with van der Waals surface area (Å²) in [6.45, 7) is 7.01. The zero-order chi connectivity index (χ0) is 14.8. The summed E-state index contributed by atoms with van der Waals surface area (Å²) < 4.78 is 36.4. The predicted octanol–water partition coefficient (Wildman–Crippen LogP) is 0.767. The molecule has 0 amide bonds. The summed E-state index contributed by atoms with van der Waals surface area (Å²) in [6.07, 6.45) is -1.10. The van der Waals surface area contributed by atoms with Gasteiger partial charge in [0.25, 0.3) is 0 Å². The molecular weight excluding hydrogens is 252 g/mol. The number of hydrogen-bond donors (Lipinski definition) is 1. The topological polar surface area (TPSA) is 66.4 Å². The Hall–Kier alpha value is -0.240. The molecule has 4 atom stereocenters. The van der Waals surface area contributed by atoms with E-state index >= 15 is 0 Å². The molecule has 3 heterocycles. The second-order valence-electron chi connectivity index (χ2n) is 6.37. The molecule has 0 unspecified atom stereocenters. The maximum absolute atomic E-state index is 11.0. The molecule has 0 aromatic heterocycles. The first-order valence-corrected chi connectivity index (χ1v) is 6.48. The molecule has 3 saturated heterocycles. The molecular formula is C13H22O6. The van der Waals surface area contributed by atoms with Gasteiger partial charge < -0.3 is 28.8 Å². The molecule has 19 heavy (non-hydrogen) atoms. The summed E-state index contributed by atoms with van der Waals surface area (Å²) in [4.78, 5) is 0. The Labute approximate surface area is 114 Å². The van der Waals surface area contributed by atoms with E-state index in [4.69, 9.17) is 25.1 Å².